The Balaban J connectivity index is 1.87. The molecule has 1 unspecified atom stereocenters. The zero-order valence-corrected chi connectivity index (χ0v) is 12.2. The number of nitrogens with zero attached hydrogens (tertiary/aromatic N) is 1. The highest BCUT2D eigenvalue weighted by molar-refractivity contribution is 5.90. The lowest BCUT2D eigenvalue weighted by atomic mass is 10.00. The van der Waals surface area contributed by atoms with Gasteiger partial charge in [-0.1, -0.05) is 18.6 Å². The largest absolute Gasteiger partial charge is 0.491 e. The lowest BCUT2D eigenvalue weighted by molar-refractivity contribution is 0.0688. The van der Waals surface area contributed by atoms with Gasteiger partial charge in [-0.2, -0.15) is 0 Å². The molecule has 116 valence electrons. The van der Waals surface area contributed by atoms with Crippen LogP contribution in [-0.4, -0.2) is 53.4 Å². The first-order chi connectivity index (χ1) is 10.2. The Bertz CT molecular complexity index is 461. The number of benzene rings is 1. The van der Waals surface area contributed by atoms with Gasteiger partial charge in [0, 0.05) is 19.2 Å². The van der Waals surface area contributed by atoms with E-state index in [1.165, 1.54) is 12.8 Å². The third-order valence-corrected chi connectivity index (χ3v) is 3.96. The molecule has 0 aliphatic carbocycles. The highest BCUT2D eigenvalue weighted by Crippen LogP contribution is 2.20. The number of aromatic carboxylic acids is 1. The molecule has 0 radical (unpaired) electrons. The molecule has 1 saturated heterocycles. The fourth-order valence-electron chi connectivity index (χ4n) is 2.87. The molecule has 1 aromatic rings. The number of rotatable bonds is 7. The van der Waals surface area contributed by atoms with E-state index in [1.54, 1.807) is 24.3 Å². The Morgan fingerprint density at radius 3 is 2.90 bits per heavy atom. The first kappa shape index (κ1) is 15.8. The zero-order valence-electron chi connectivity index (χ0n) is 12.2. The molecule has 1 aliphatic rings. The number of aliphatic hydroxyl groups is 1. The maximum absolute atomic E-state index is 11.1. The van der Waals surface area contributed by atoms with Gasteiger partial charge in [-0.25, -0.2) is 4.79 Å². The molecule has 0 spiro atoms. The molecule has 5 nitrogen and oxygen atoms in total. The van der Waals surface area contributed by atoms with E-state index in [0.717, 1.165) is 25.9 Å². The summed E-state index contributed by atoms with van der Waals surface area (Å²) >= 11 is 0. The van der Waals surface area contributed by atoms with Crippen LogP contribution in [0.4, 0.5) is 0 Å². The average Bonchev–Trinajstić information content (AvgIpc) is 2.49. The minimum absolute atomic E-state index is 0.197. The van der Waals surface area contributed by atoms with Gasteiger partial charge in [-0.15, -0.1) is 0 Å². The second kappa shape index (κ2) is 8.00. The van der Waals surface area contributed by atoms with Crippen molar-refractivity contribution >= 4 is 5.97 Å². The van der Waals surface area contributed by atoms with Crippen molar-refractivity contribution in [3.8, 4) is 5.75 Å². The smallest absolute Gasteiger partial charge is 0.339 e. The normalized spacial score (nSPS) is 19.4. The Morgan fingerprint density at radius 1 is 1.33 bits per heavy atom. The van der Waals surface area contributed by atoms with Crippen LogP contribution in [0.15, 0.2) is 24.3 Å². The maximum Gasteiger partial charge on any atom is 0.339 e. The standard InChI is InChI=1S/C16H23NO4/c18-11-8-13-5-3-4-9-17(13)10-12-21-15-7-2-1-6-14(15)16(19)20/h1-2,6-7,13,18H,3-5,8-12H2,(H,19,20). The van der Waals surface area contributed by atoms with E-state index < -0.39 is 5.97 Å². The summed E-state index contributed by atoms with van der Waals surface area (Å²) < 4.78 is 5.64. The fraction of sp³-hybridized carbons (Fsp3) is 0.562. The van der Waals surface area contributed by atoms with E-state index in [0.29, 0.717) is 18.4 Å². The van der Waals surface area contributed by atoms with Crippen LogP contribution in [0.1, 0.15) is 36.0 Å². The van der Waals surface area contributed by atoms with Gasteiger partial charge in [-0.05, 0) is 37.9 Å². The van der Waals surface area contributed by atoms with Crippen LogP contribution in [0.5, 0.6) is 5.75 Å². The molecular weight excluding hydrogens is 270 g/mol. The van der Waals surface area contributed by atoms with Gasteiger partial charge in [0.05, 0.1) is 0 Å². The van der Waals surface area contributed by atoms with Crippen LogP contribution < -0.4 is 4.74 Å². The summed E-state index contributed by atoms with van der Waals surface area (Å²) in [6.07, 6.45) is 4.30. The number of piperidine rings is 1. The first-order valence-electron chi connectivity index (χ1n) is 7.52. The number of carboxylic acid groups (broad SMARTS) is 1. The molecule has 1 heterocycles. The number of carboxylic acids is 1. The molecule has 0 bridgehead atoms. The molecule has 21 heavy (non-hydrogen) atoms. The summed E-state index contributed by atoms with van der Waals surface area (Å²) in [6.45, 7) is 2.46. The molecule has 5 heteroatoms. The Kier molecular flexibility index (Phi) is 6.02. The Labute approximate surface area is 125 Å². The first-order valence-corrected chi connectivity index (χ1v) is 7.52. The molecule has 2 N–H and O–H groups in total. The van der Waals surface area contributed by atoms with Crippen molar-refractivity contribution in [3.05, 3.63) is 29.8 Å². The monoisotopic (exact) mass is 293 g/mol. The van der Waals surface area contributed by atoms with Crippen LogP contribution in [0.3, 0.4) is 0 Å². The molecule has 1 aliphatic heterocycles. The van der Waals surface area contributed by atoms with E-state index in [4.69, 9.17) is 14.9 Å². The van der Waals surface area contributed by atoms with Crippen LogP contribution in [0, 0.1) is 0 Å². The predicted octanol–water partition coefficient (Wildman–Crippen LogP) is 2.00. The topological polar surface area (TPSA) is 70.0 Å². The third-order valence-electron chi connectivity index (χ3n) is 3.96. The number of hydrogen-bond donors (Lipinski definition) is 2. The summed E-state index contributed by atoms with van der Waals surface area (Å²) in [7, 11) is 0. The molecule has 2 rings (SSSR count). The summed E-state index contributed by atoms with van der Waals surface area (Å²) in [5, 5.41) is 18.2. The Hall–Kier alpha value is -1.59. The predicted molar refractivity (Wildman–Crippen MR) is 79.8 cm³/mol. The minimum atomic E-state index is -0.971. The molecule has 0 saturated carbocycles. The number of likely N-dealkylation sites (tertiary alicyclic amines) is 1. The van der Waals surface area contributed by atoms with Crippen molar-refractivity contribution in [1.82, 2.24) is 4.90 Å². The van der Waals surface area contributed by atoms with Crippen LogP contribution in [-0.2, 0) is 0 Å². The highest BCUT2D eigenvalue weighted by Gasteiger charge is 2.21. The van der Waals surface area contributed by atoms with Gasteiger partial charge in [0.1, 0.15) is 17.9 Å². The van der Waals surface area contributed by atoms with Crippen molar-refractivity contribution in [2.24, 2.45) is 0 Å². The second-order valence-corrected chi connectivity index (χ2v) is 5.35. The third kappa shape index (κ3) is 4.44. The van der Waals surface area contributed by atoms with Crippen LogP contribution in [0.2, 0.25) is 0 Å². The van der Waals surface area contributed by atoms with Gasteiger partial charge in [0.2, 0.25) is 0 Å². The fourth-order valence-corrected chi connectivity index (χ4v) is 2.87. The van der Waals surface area contributed by atoms with Gasteiger partial charge >= 0.3 is 5.97 Å². The lowest BCUT2D eigenvalue weighted by Gasteiger charge is -2.35. The van der Waals surface area contributed by atoms with Crippen LogP contribution in [0.25, 0.3) is 0 Å². The maximum atomic E-state index is 11.1. The molecule has 0 aromatic heterocycles. The lowest BCUT2D eigenvalue weighted by Crippen LogP contribution is -2.42. The van der Waals surface area contributed by atoms with Crippen molar-refractivity contribution in [2.75, 3.05) is 26.3 Å². The van der Waals surface area contributed by atoms with E-state index in [9.17, 15) is 4.79 Å². The zero-order chi connectivity index (χ0) is 15.1. The van der Waals surface area contributed by atoms with Gasteiger partial charge in [-0.3, -0.25) is 4.90 Å². The van der Waals surface area contributed by atoms with E-state index in [1.807, 2.05) is 0 Å². The van der Waals surface area contributed by atoms with Gasteiger partial charge in [0.15, 0.2) is 0 Å². The number of ether oxygens (including phenoxy) is 1. The number of para-hydroxylation sites is 1. The van der Waals surface area contributed by atoms with Crippen molar-refractivity contribution in [3.63, 3.8) is 0 Å². The summed E-state index contributed by atoms with van der Waals surface area (Å²) in [5.74, 6) is -0.553. The highest BCUT2D eigenvalue weighted by atomic mass is 16.5. The minimum Gasteiger partial charge on any atom is -0.491 e. The number of aliphatic hydroxyl groups excluding tert-OH is 1. The van der Waals surface area contributed by atoms with E-state index >= 15 is 0 Å². The van der Waals surface area contributed by atoms with E-state index in [-0.39, 0.29) is 12.2 Å². The average molecular weight is 293 g/mol. The van der Waals surface area contributed by atoms with Crippen LogP contribution >= 0.6 is 0 Å². The van der Waals surface area contributed by atoms with Crippen molar-refractivity contribution in [2.45, 2.75) is 31.7 Å². The molecule has 0 amide bonds. The SMILES string of the molecule is O=C(O)c1ccccc1OCCN1CCCCC1CCO. The summed E-state index contributed by atoms with van der Waals surface area (Å²) in [5.41, 5.74) is 0.197. The summed E-state index contributed by atoms with van der Waals surface area (Å²) in [4.78, 5) is 13.4. The number of hydrogen-bond acceptors (Lipinski definition) is 4. The summed E-state index contributed by atoms with van der Waals surface area (Å²) in [6, 6.07) is 7.12. The molecular formula is C16H23NO4. The Morgan fingerprint density at radius 2 is 2.14 bits per heavy atom. The number of carbonyl (C=O) groups is 1. The van der Waals surface area contributed by atoms with Crippen molar-refractivity contribution < 1.29 is 19.7 Å². The van der Waals surface area contributed by atoms with Gasteiger partial charge < -0.3 is 14.9 Å². The molecule has 1 fully saturated rings. The van der Waals surface area contributed by atoms with E-state index in [2.05, 4.69) is 4.90 Å². The van der Waals surface area contributed by atoms with Crippen molar-refractivity contribution in [1.29, 1.82) is 0 Å². The molecule has 1 aromatic carbocycles. The quantitative estimate of drug-likeness (QED) is 0.804. The second-order valence-electron chi connectivity index (χ2n) is 5.35. The molecule has 1 atom stereocenters. The van der Waals surface area contributed by atoms with Gasteiger partial charge in [0.25, 0.3) is 0 Å².